The number of hydrogen-bond donors (Lipinski definition) is 0. The molecule has 0 N–H and O–H groups in total. The molecule has 1 fully saturated rings. The van der Waals surface area contributed by atoms with Crippen molar-refractivity contribution in [3.05, 3.63) is 60.7 Å². The van der Waals surface area contributed by atoms with Crippen molar-refractivity contribution in [3.8, 4) is 0 Å². The highest BCUT2D eigenvalue weighted by atomic mass is 32.3. The van der Waals surface area contributed by atoms with E-state index in [1.165, 1.54) is 24.3 Å². The number of Topliss-reactive ketones (excluding diaryl/α,β-unsaturated/α-hetero) is 1. The minimum absolute atomic E-state index is 0.0333. The molecule has 0 bridgehead atoms. The first-order chi connectivity index (χ1) is 13.3. The summed E-state index contributed by atoms with van der Waals surface area (Å²) in [4.78, 5) is 12.4. The van der Waals surface area contributed by atoms with E-state index in [2.05, 4.69) is 0 Å². The molecule has 2 aromatic rings. The Morgan fingerprint density at radius 1 is 0.750 bits per heavy atom. The number of carbonyl (C=O) groups excluding carboxylic acids is 1. The average Bonchev–Trinajstić information content (AvgIpc) is 2.91. The van der Waals surface area contributed by atoms with E-state index in [1.807, 2.05) is 0 Å². The van der Waals surface area contributed by atoms with Gasteiger partial charge in [-0.1, -0.05) is 49.2 Å². The van der Waals surface area contributed by atoms with Gasteiger partial charge in [-0.15, -0.1) is 0 Å². The van der Waals surface area contributed by atoms with E-state index in [0.29, 0.717) is 12.8 Å². The highest BCUT2D eigenvalue weighted by Gasteiger charge is 2.42. The Balaban J connectivity index is 2.07. The summed E-state index contributed by atoms with van der Waals surface area (Å²) in [7, 11) is -8.36. The summed E-state index contributed by atoms with van der Waals surface area (Å²) in [6, 6.07) is 15.2. The summed E-state index contributed by atoms with van der Waals surface area (Å²) < 4.78 is 51.6. The van der Waals surface area contributed by atoms with Crippen molar-refractivity contribution in [1.29, 1.82) is 0 Å². The number of carbonyl (C=O) groups is 1. The second kappa shape index (κ2) is 8.57. The zero-order chi connectivity index (χ0) is 20.2. The van der Waals surface area contributed by atoms with Crippen LogP contribution in [0.3, 0.4) is 0 Å². The zero-order valence-corrected chi connectivity index (χ0v) is 17.2. The molecule has 0 heterocycles. The van der Waals surface area contributed by atoms with Crippen LogP contribution < -0.4 is 0 Å². The Morgan fingerprint density at radius 2 is 1.25 bits per heavy atom. The summed E-state index contributed by atoms with van der Waals surface area (Å²) in [5.74, 6) is -0.585. The van der Waals surface area contributed by atoms with Crippen molar-refractivity contribution in [2.75, 3.05) is 0 Å². The van der Waals surface area contributed by atoms with E-state index in [0.717, 1.165) is 19.3 Å². The van der Waals surface area contributed by atoms with Gasteiger partial charge in [-0.2, -0.15) is 0 Å². The molecule has 0 radical (unpaired) electrons. The van der Waals surface area contributed by atoms with E-state index in [9.17, 15) is 21.6 Å². The third-order valence-electron chi connectivity index (χ3n) is 5.24. The van der Waals surface area contributed by atoms with Crippen molar-refractivity contribution >= 4 is 25.5 Å². The summed E-state index contributed by atoms with van der Waals surface area (Å²) in [6.45, 7) is 0. The fourth-order valence-corrected chi connectivity index (χ4v) is 8.31. The van der Waals surface area contributed by atoms with Crippen LogP contribution in [0.2, 0.25) is 0 Å². The smallest absolute Gasteiger partial charge is 0.195 e. The topological polar surface area (TPSA) is 85.3 Å². The molecule has 1 aliphatic carbocycles. The van der Waals surface area contributed by atoms with E-state index >= 15 is 0 Å². The Hall–Kier alpha value is -1.99. The Bertz CT molecular complexity index is 943. The minimum atomic E-state index is -4.18. The van der Waals surface area contributed by atoms with E-state index in [4.69, 9.17) is 0 Å². The van der Waals surface area contributed by atoms with Crippen LogP contribution in [0.1, 0.15) is 38.5 Å². The fourth-order valence-electron chi connectivity index (χ4n) is 3.66. The van der Waals surface area contributed by atoms with Crippen LogP contribution in [0.15, 0.2) is 70.5 Å². The molecule has 0 saturated heterocycles. The van der Waals surface area contributed by atoms with Gasteiger partial charge in [0.25, 0.3) is 0 Å². The maximum atomic E-state index is 13.3. The number of rotatable bonds is 6. The maximum Gasteiger partial charge on any atom is 0.195 e. The van der Waals surface area contributed by atoms with Crippen molar-refractivity contribution in [1.82, 2.24) is 0 Å². The third kappa shape index (κ3) is 4.36. The van der Waals surface area contributed by atoms with Gasteiger partial charge in [0.15, 0.2) is 24.3 Å². The second-order valence-corrected chi connectivity index (χ2v) is 11.7. The SMILES string of the molecule is O=C1CCCCC[C@@H]1CC(S(=O)(=O)c1ccccc1)S(=O)(=O)c1ccccc1. The van der Waals surface area contributed by atoms with Crippen LogP contribution in [0, 0.1) is 5.92 Å². The largest absolute Gasteiger partial charge is 0.299 e. The molecule has 7 heteroatoms. The molecule has 5 nitrogen and oxygen atoms in total. The van der Waals surface area contributed by atoms with Crippen LogP contribution >= 0.6 is 0 Å². The number of sulfone groups is 2. The Labute approximate surface area is 166 Å². The first kappa shape index (κ1) is 20.7. The second-order valence-electron chi connectivity index (χ2n) is 7.14. The Kier molecular flexibility index (Phi) is 6.35. The monoisotopic (exact) mass is 420 g/mol. The van der Waals surface area contributed by atoms with Crippen LogP contribution in [0.4, 0.5) is 0 Å². The summed E-state index contributed by atoms with van der Waals surface area (Å²) in [5.41, 5.74) is 0. The number of ketones is 1. The van der Waals surface area contributed by atoms with Crippen molar-refractivity contribution < 1.29 is 21.6 Å². The van der Waals surface area contributed by atoms with Gasteiger partial charge in [-0.05, 0) is 43.5 Å². The lowest BCUT2D eigenvalue weighted by molar-refractivity contribution is -0.122. The van der Waals surface area contributed by atoms with Gasteiger partial charge in [-0.3, -0.25) is 4.79 Å². The molecule has 3 rings (SSSR count). The third-order valence-corrected chi connectivity index (χ3v) is 10.4. The van der Waals surface area contributed by atoms with Gasteiger partial charge < -0.3 is 0 Å². The number of benzene rings is 2. The molecule has 0 aromatic heterocycles. The van der Waals surface area contributed by atoms with Gasteiger partial charge in [0.2, 0.25) is 0 Å². The first-order valence-electron chi connectivity index (χ1n) is 9.44. The standard InChI is InChI=1S/C21H24O5S2/c22-20-15-9-1-4-10-17(20)16-21(27(23,24)18-11-5-2-6-12-18)28(25,26)19-13-7-3-8-14-19/h2-3,5-8,11-14,17,21H,1,4,9-10,15-16H2/t17-/m1/s1. The van der Waals surface area contributed by atoms with Gasteiger partial charge in [0, 0.05) is 12.3 Å². The van der Waals surface area contributed by atoms with Crippen LogP contribution in [0.5, 0.6) is 0 Å². The molecule has 28 heavy (non-hydrogen) atoms. The fraction of sp³-hybridized carbons (Fsp3) is 0.381. The maximum absolute atomic E-state index is 13.3. The lowest BCUT2D eigenvalue weighted by atomic mass is 9.96. The van der Waals surface area contributed by atoms with Crippen LogP contribution in [0.25, 0.3) is 0 Å². The summed E-state index contributed by atoms with van der Waals surface area (Å²) >= 11 is 0. The quantitative estimate of drug-likeness (QED) is 0.664. The highest BCUT2D eigenvalue weighted by molar-refractivity contribution is 8.09. The van der Waals surface area contributed by atoms with Crippen molar-refractivity contribution in [2.24, 2.45) is 5.92 Å². The molecule has 0 aliphatic heterocycles. The highest BCUT2D eigenvalue weighted by Crippen LogP contribution is 2.33. The molecule has 0 spiro atoms. The normalized spacial score (nSPS) is 18.8. The molecular weight excluding hydrogens is 396 g/mol. The molecule has 150 valence electrons. The average molecular weight is 421 g/mol. The Morgan fingerprint density at radius 3 is 1.75 bits per heavy atom. The predicted octanol–water partition coefficient (Wildman–Crippen LogP) is 3.80. The van der Waals surface area contributed by atoms with Crippen molar-refractivity contribution in [2.45, 2.75) is 52.9 Å². The molecular formula is C21H24O5S2. The first-order valence-corrected chi connectivity index (χ1v) is 12.5. The molecule has 1 saturated carbocycles. The molecule has 1 aliphatic rings. The van der Waals surface area contributed by atoms with Gasteiger partial charge in [0.1, 0.15) is 5.78 Å². The molecule has 1 atom stereocenters. The summed E-state index contributed by atoms with van der Waals surface area (Å²) in [5, 5.41) is 0. The van der Waals surface area contributed by atoms with Gasteiger partial charge in [-0.25, -0.2) is 16.8 Å². The van der Waals surface area contributed by atoms with Gasteiger partial charge >= 0.3 is 0 Å². The lowest BCUT2D eigenvalue weighted by Crippen LogP contribution is -2.34. The molecule has 2 aromatic carbocycles. The van der Waals surface area contributed by atoms with Crippen molar-refractivity contribution in [3.63, 3.8) is 0 Å². The summed E-state index contributed by atoms with van der Waals surface area (Å²) in [6.07, 6.45) is 3.20. The van der Waals surface area contributed by atoms with E-state index in [1.54, 1.807) is 36.4 Å². The van der Waals surface area contributed by atoms with Crippen LogP contribution in [-0.4, -0.2) is 27.2 Å². The van der Waals surface area contributed by atoms with E-state index in [-0.39, 0.29) is 22.0 Å². The molecule has 0 amide bonds. The predicted molar refractivity (Wildman–Crippen MR) is 107 cm³/mol. The number of hydrogen-bond acceptors (Lipinski definition) is 5. The van der Waals surface area contributed by atoms with Gasteiger partial charge in [0.05, 0.1) is 9.79 Å². The minimum Gasteiger partial charge on any atom is -0.299 e. The molecule has 0 unspecified atom stereocenters. The lowest BCUT2D eigenvalue weighted by Gasteiger charge is -2.22. The zero-order valence-electron chi connectivity index (χ0n) is 15.5. The van der Waals surface area contributed by atoms with Crippen LogP contribution in [-0.2, 0) is 24.5 Å². The van der Waals surface area contributed by atoms with E-state index < -0.39 is 30.2 Å².